The topological polar surface area (TPSA) is 38.3 Å². The van der Waals surface area contributed by atoms with Crippen LogP contribution in [-0.2, 0) is 4.79 Å². The summed E-state index contributed by atoms with van der Waals surface area (Å²) >= 11 is 0. The molecule has 0 aliphatic heterocycles. The Kier molecular flexibility index (Phi) is 6.26. The molecule has 1 amide bonds. The van der Waals surface area contributed by atoms with Crippen molar-refractivity contribution in [2.24, 2.45) is 0 Å². The van der Waals surface area contributed by atoms with Crippen molar-refractivity contribution < 1.29 is 9.53 Å². The van der Waals surface area contributed by atoms with E-state index in [4.69, 9.17) is 4.74 Å². The van der Waals surface area contributed by atoms with E-state index in [1.807, 2.05) is 98.8 Å². The van der Waals surface area contributed by atoms with Gasteiger partial charge in [0.15, 0.2) is 6.10 Å². The van der Waals surface area contributed by atoms with E-state index in [0.29, 0.717) is 12.2 Å². The third kappa shape index (κ3) is 4.98. The first-order valence-electron chi connectivity index (χ1n) is 9.31. The molecule has 0 aliphatic carbocycles. The summed E-state index contributed by atoms with van der Waals surface area (Å²) in [5, 5.41) is 3.17. The van der Waals surface area contributed by atoms with Gasteiger partial charge in [0.2, 0.25) is 0 Å². The van der Waals surface area contributed by atoms with Crippen molar-refractivity contribution in [2.75, 3.05) is 0 Å². The number of carbonyl (C=O) groups excluding carboxylic acids is 1. The lowest BCUT2D eigenvalue weighted by Crippen LogP contribution is -2.40. The minimum absolute atomic E-state index is 0.114. The molecule has 0 spiro atoms. The van der Waals surface area contributed by atoms with Gasteiger partial charge in [-0.2, -0.15) is 0 Å². The van der Waals surface area contributed by atoms with Crippen LogP contribution in [0.1, 0.15) is 36.1 Å². The molecule has 0 aromatic heterocycles. The molecule has 1 atom stereocenters. The predicted octanol–water partition coefficient (Wildman–Crippen LogP) is 5.06. The summed E-state index contributed by atoms with van der Waals surface area (Å²) in [5.74, 6) is 0.602. The fourth-order valence-corrected chi connectivity index (χ4v) is 3.06. The fourth-order valence-electron chi connectivity index (χ4n) is 3.06. The number of hydrogen-bond acceptors (Lipinski definition) is 2. The quantitative estimate of drug-likeness (QED) is 0.640. The van der Waals surface area contributed by atoms with Gasteiger partial charge in [-0.3, -0.25) is 4.79 Å². The molecule has 1 N–H and O–H groups in total. The van der Waals surface area contributed by atoms with Crippen LogP contribution >= 0.6 is 0 Å². The number of benzene rings is 3. The van der Waals surface area contributed by atoms with E-state index < -0.39 is 6.10 Å². The van der Waals surface area contributed by atoms with Gasteiger partial charge >= 0.3 is 0 Å². The number of rotatable bonds is 7. The number of aryl methyl sites for hydroxylation is 1. The first kappa shape index (κ1) is 18.7. The van der Waals surface area contributed by atoms with Gasteiger partial charge in [-0.25, -0.2) is 0 Å². The molecule has 3 rings (SSSR count). The molecule has 138 valence electrons. The Labute approximate surface area is 161 Å². The molecule has 0 aliphatic rings. The summed E-state index contributed by atoms with van der Waals surface area (Å²) in [4.78, 5) is 13.0. The van der Waals surface area contributed by atoms with Crippen molar-refractivity contribution in [1.82, 2.24) is 5.32 Å². The van der Waals surface area contributed by atoms with Gasteiger partial charge in [0.25, 0.3) is 5.91 Å². The number of nitrogens with one attached hydrogen (secondary N) is 1. The van der Waals surface area contributed by atoms with Gasteiger partial charge in [-0.05, 0) is 42.2 Å². The van der Waals surface area contributed by atoms with Crippen molar-refractivity contribution in [3.05, 3.63) is 102 Å². The molecule has 0 saturated carbocycles. The summed E-state index contributed by atoms with van der Waals surface area (Å²) in [5.41, 5.74) is 3.19. The molecular weight excluding hydrogens is 334 g/mol. The van der Waals surface area contributed by atoms with E-state index in [2.05, 4.69) is 5.32 Å². The molecule has 0 bridgehead atoms. The van der Waals surface area contributed by atoms with Crippen LogP contribution in [0.5, 0.6) is 5.75 Å². The maximum Gasteiger partial charge on any atom is 0.261 e. The third-order valence-electron chi connectivity index (χ3n) is 4.48. The van der Waals surface area contributed by atoms with Crippen LogP contribution < -0.4 is 10.1 Å². The van der Waals surface area contributed by atoms with Crippen LogP contribution in [0.15, 0.2) is 84.9 Å². The normalized spacial score (nSPS) is 11.8. The van der Waals surface area contributed by atoms with E-state index in [9.17, 15) is 4.79 Å². The van der Waals surface area contributed by atoms with Crippen molar-refractivity contribution >= 4 is 5.91 Å². The molecule has 3 aromatic rings. The average Bonchev–Trinajstić information content (AvgIpc) is 2.71. The molecule has 3 heteroatoms. The smallest absolute Gasteiger partial charge is 0.261 e. The molecule has 0 fully saturated rings. The second-order valence-corrected chi connectivity index (χ2v) is 6.59. The minimum Gasteiger partial charge on any atom is -0.481 e. The summed E-state index contributed by atoms with van der Waals surface area (Å²) in [6, 6.07) is 27.6. The van der Waals surface area contributed by atoms with Gasteiger partial charge in [0.1, 0.15) is 5.75 Å². The van der Waals surface area contributed by atoms with Crippen LogP contribution in [-0.4, -0.2) is 12.0 Å². The maximum atomic E-state index is 13.0. The van der Waals surface area contributed by atoms with Gasteiger partial charge in [-0.15, -0.1) is 0 Å². The van der Waals surface area contributed by atoms with E-state index in [0.717, 1.165) is 16.7 Å². The highest BCUT2D eigenvalue weighted by Crippen LogP contribution is 2.23. The Balaban J connectivity index is 1.80. The highest BCUT2D eigenvalue weighted by atomic mass is 16.5. The number of carbonyl (C=O) groups is 1. The number of ether oxygens (including phenoxy) is 1. The monoisotopic (exact) mass is 359 g/mol. The zero-order valence-corrected chi connectivity index (χ0v) is 15.8. The lowest BCUT2D eigenvalue weighted by Gasteiger charge is -2.24. The van der Waals surface area contributed by atoms with Gasteiger partial charge in [0.05, 0.1) is 6.04 Å². The van der Waals surface area contributed by atoms with E-state index in [-0.39, 0.29) is 11.9 Å². The highest BCUT2D eigenvalue weighted by Gasteiger charge is 2.23. The largest absolute Gasteiger partial charge is 0.481 e. The van der Waals surface area contributed by atoms with Crippen LogP contribution in [0.25, 0.3) is 0 Å². The summed E-state index contributed by atoms with van der Waals surface area (Å²) in [6.45, 7) is 3.97. The van der Waals surface area contributed by atoms with E-state index in [1.165, 1.54) is 0 Å². The van der Waals surface area contributed by atoms with Crippen molar-refractivity contribution in [3.8, 4) is 5.75 Å². The Morgan fingerprint density at radius 2 is 1.48 bits per heavy atom. The van der Waals surface area contributed by atoms with Crippen LogP contribution in [0.4, 0.5) is 0 Å². The molecule has 3 aromatic carbocycles. The lowest BCUT2D eigenvalue weighted by atomic mass is 9.98. The standard InChI is InChI=1S/C24H25NO2/c1-3-22(27-21-16-10-11-18(2)17-21)24(26)25-23(19-12-6-4-7-13-19)20-14-8-5-9-15-20/h4-17,22-23H,3H2,1-2H3,(H,25,26)/t22-/m0/s1. The van der Waals surface area contributed by atoms with Gasteiger partial charge in [-0.1, -0.05) is 79.7 Å². The fraction of sp³-hybridized carbons (Fsp3) is 0.208. The Morgan fingerprint density at radius 3 is 2.00 bits per heavy atom. The second-order valence-electron chi connectivity index (χ2n) is 6.59. The zero-order chi connectivity index (χ0) is 19.1. The molecule has 3 nitrogen and oxygen atoms in total. The summed E-state index contributed by atoms with van der Waals surface area (Å²) < 4.78 is 5.97. The molecule has 27 heavy (non-hydrogen) atoms. The van der Waals surface area contributed by atoms with E-state index in [1.54, 1.807) is 0 Å². The molecule has 0 heterocycles. The van der Waals surface area contributed by atoms with Gasteiger partial charge in [0, 0.05) is 0 Å². The van der Waals surface area contributed by atoms with Crippen molar-refractivity contribution in [2.45, 2.75) is 32.4 Å². The van der Waals surface area contributed by atoms with Gasteiger partial charge < -0.3 is 10.1 Å². The summed E-state index contributed by atoms with van der Waals surface area (Å²) in [7, 11) is 0. The molecule has 0 radical (unpaired) electrons. The highest BCUT2D eigenvalue weighted by molar-refractivity contribution is 5.82. The number of amides is 1. The van der Waals surface area contributed by atoms with Crippen LogP contribution in [0.3, 0.4) is 0 Å². The van der Waals surface area contributed by atoms with Crippen molar-refractivity contribution in [1.29, 1.82) is 0 Å². The lowest BCUT2D eigenvalue weighted by molar-refractivity contribution is -0.128. The third-order valence-corrected chi connectivity index (χ3v) is 4.48. The molecular formula is C24H25NO2. The Morgan fingerprint density at radius 1 is 0.889 bits per heavy atom. The first-order chi connectivity index (χ1) is 13.2. The van der Waals surface area contributed by atoms with E-state index >= 15 is 0 Å². The SMILES string of the molecule is CC[C@H](Oc1cccc(C)c1)C(=O)NC(c1ccccc1)c1ccccc1. The minimum atomic E-state index is -0.540. The maximum absolute atomic E-state index is 13.0. The second kappa shape index (κ2) is 9.04. The number of hydrogen-bond donors (Lipinski definition) is 1. The zero-order valence-electron chi connectivity index (χ0n) is 15.8. The Hall–Kier alpha value is -3.07. The van der Waals surface area contributed by atoms with Crippen molar-refractivity contribution in [3.63, 3.8) is 0 Å². The average molecular weight is 359 g/mol. The van der Waals surface area contributed by atoms with Crippen LogP contribution in [0.2, 0.25) is 0 Å². The molecule has 0 unspecified atom stereocenters. The molecule has 0 saturated heterocycles. The first-order valence-corrected chi connectivity index (χ1v) is 9.31. The predicted molar refractivity (Wildman–Crippen MR) is 109 cm³/mol. The Bertz CT molecular complexity index is 822. The summed E-state index contributed by atoms with van der Waals surface area (Å²) in [6.07, 6.45) is 0.0533. The van der Waals surface area contributed by atoms with Crippen LogP contribution in [0, 0.1) is 6.92 Å².